The average molecular weight is 517 g/mol. The lowest BCUT2D eigenvalue weighted by atomic mass is 10.1. The Morgan fingerprint density at radius 2 is 1.94 bits per heavy atom. The Labute approximate surface area is 201 Å². The van der Waals surface area contributed by atoms with Gasteiger partial charge in [0, 0.05) is 22.8 Å². The molecule has 1 aromatic heterocycles. The Bertz CT molecular complexity index is 1250. The molecule has 1 amide bonds. The molecule has 0 radical (unpaired) electrons. The van der Waals surface area contributed by atoms with Gasteiger partial charge in [-0.1, -0.05) is 30.1 Å². The summed E-state index contributed by atoms with van der Waals surface area (Å²) >= 11 is 11.9. The Morgan fingerprint density at radius 1 is 1.24 bits per heavy atom. The monoisotopic (exact) mass is 516 g/mol. The topological polar surface area (TPSA) is 99.3 Å². The van der Waals surface area contributed by atoms with Gasteiger partial charge in [0.05, 0.1) is 34.2 Å². The van der Waals surface area contributed by atoms with Crippen LogP contribution in [0.2, 0.25) is 10.0 Å². The minimum absolute atomic E-state index is 0.0270. The van der Waals surface area contributed by atoms with Crippen molar-refractivity contribution >= 4 is 40.5 Å². The van der Waals surface area contributed by atoms with E-state index in [0.717, 1.165) is 22.9 Å². The number of carbonyl (C=O) groups excluding carboxylic acids is 1. The number of hydrogen-bond donors (Lipinski definition) is 1. The molecular formula is C21H17Cl2F3N4O4. The zero-order valence-corrected chi connectivity index (χ0v) is 19.2. The molecule has 1 unspecified atom stereocenters. The number of benzene rings is 2. The molecule has 3 aromatic rings. The van der Waals surface area contributed by atoms with Gasteiger partial charge >= 0.3 is 6.18 Å². The molecule has 0 aliphatic heterocycles. The average Bonchev–Trinajstić information content (AvgIpc) is 3.10. The fraction of sp³-hybridized carbons (Fsp3) is 0.238. The van der Waals surface area contributed by atoms with Crippen LogP contribution in [0.25, 0.3) is 0 Å². The smallest absolute Gasteiger partial charge is 0.435 e. The minimum Gasteiger partial charge on any atom is -0.455 e. The lowest BCUT2D eigenvalue weighted by Crippen LogP contribution is -2.25. The first-order chi connectivity index (χ1) is 15.8. The van der Waals surface area contributed by atoms with Gasteiger partial charge in [-0.2, -0.15) is 18.3 Å². The molecule has 0 saturated carbocycles. The van der Waals surface area contributed by atoms with Crippen molar-refractivity contribution in [3.8, 4) is 11.5 Å². The molecule has 0 saturated heterocycles. The fourth-order valence-electron chi connectivity index (χ4n) is 2.95. The van der Waals surface area contributed by atoms with E-state index in [1.54, 1.807) is 0 Å². The summed E-state index contributed by atoms with van der Waals surface area (Å²) < 4.78 is 45.3. The van der Waals surface area contributed by atoms with E-state index in [4.69, 9.17) is 27.9 Å². The molecule has 0 bridgehead atoms. The summed E-state index contributed by atoms with van der Waals surface area (Å²) in [7, 11) is 0. The molecule has 0 spiro atoms. The molecule has 0 aliphatic carbocycles. The number of anilines is 1. The summed E-state index contributed by atoms with van der Waals surface area (Å²) in [5.41, 5.74) is -1.13. The van der Waals surface area contributed by atoms with Gasteiger partial charge in [-0.05, 0) is 31.2 Å². The van der Waals surface area contributed by atoms with E-state index in [0.29, 0.717) is 5.02 Å². The largest absolute Gasteiger partial charge is 0.455 e. The molecule has 0 aliphatic rings. The summed E-state index contributed by atoms with van der Waals surface area (Å²) in [4.78, 5) is 23.3. The standard InChI is InChI=1S/C21H17Cl2F3N4O4/c1-11(10-29-12(2)5-19(28-29)21(24,25)26)20(31)27-14-7-15(30(32)33)9-16(8-14)34-18-4-3-13(22)6-17(18)23/h3-9,11H,10H2,1-2H3,(H,27,31). The number of halogens is 5. The van der Waals surface area contributed by atoms with Crippen LogP contribution in [0, 0.1) is 23.0 Å². The van der Waals surface area contributed by atoms with Crippen LogP contribution in [-0.2, 0) is 17.5 Å². The molecule has 1 N–H and O–H groups in total. The van der Waals surface area contributed by atoms with Gasteiger partial charge in [0.1, 0.15) is 11.5 Å². The molecule has 1 heterocycles. The van der Waals surface area contributed by atoms with Crippen LogP contribution in [0.4, 0.5) is 24.5 Å². The number of aryl methyl sites for hydroxylation is 1. The molecule has 180 valence electrons. The third-order valence-corrected chi connectivity index (χ3v) is 5.19. The third kappa shape index (κ3) is 6.17. The van der Waals surface area contributed by atoms with Crippen molar-refractivity contribution in [1.29, 1.82) is 0 Å². The van der Waals surface area contributed by atoms with Crippen LogP contribution < -0.4 is 10.1 Å². The second-order valence-electron chi connectivity index (χ2n) is 7.39. The highest BCUT2D eigenvalue weighted by Gasteiger charge is 2.34. The first-order valence-corrected chi connectivity index (χ1v) is 10.4. The number of nitrogens with zero attached hydrogens (tertiary/aromatic N) is 3. The highest BCUT2D eigenvalue weighted by molar-refractivity contribution is 6.35. The molecule has 13 heteroatoms. The maximum absolute atomic E-state index is 12.9. The van der Waals surface area contributed by atoms with E-state index in [2.05, 4.69) is 10.4 Å². The van der Waals surface area contributed by atoms with E-state index in [-0.39, 0.29) is 40.1 Å². The lowest BCUT2D eigenvalue weighted by molar-refractivity contribution is -0.384. The highest BCUT2D eigenvalue weighted by atomic mass is 35.5. The number of nitro groups is 1. The van der Waals surface area contributed by atoms with Gasteiger partial charge in [0.2, 0.25) is 5.91 Å². The molecule has 0 fully saturated rings. The number of alkyl halides is 3. The van der Waals surface area contributed by atoms with Crippen molar-refractivity contribution in [2.24, 2.45) is 5.92 Å². The van der Waals surface area contributed by atoms with Crippen molar-refractivity contribution in [3.05, 3.63) is 74.0 Å². The summed E-state index contributed by atoms with van der Waals surface area (Å²) in [6.07, 6.45) is -4.60. The summed E-state index contributed by atoms with van der Waals surface area (Å²) in [5, 5.41) is 17.9. The lowest BCUT2D eigenvalue weighted by Gasteiger charge is -2.14. The summed E-state index contributed by atoms with van der Waals surface area (Å²) in [6, 6.07) is 8.94. The molecule has 34 heavy (non-hydrogen) atoms. The van der Waals surface area contributed by atoms with Crippen LogP contribution in [0.5, 0.6) is 11.5 Å². The zero-order valence-electron chi connectivity index (χ0n) is 17.7. The number of nitrogens with one attached hydrogen (secondary N) is 1. The van der Waals surface area contributed by atoms with Crippen molar-refractivity contribution in [3.63, 3.8) is 0 Å². The SMILES string of the molecule is Cc1cc(C(F)(F)F)nn1CC(C)C(=O)Nc1cc(Oc2ccc(Cl)cc2Cl)cc([N+](=O)[O-])c1. The predicted octanol–water partition coefficient (Wildman–Crippen LogP) is 6.49. The Hall–Kier alpha value is -3.31. The number of hydrogen-bond acceptors (Lipinski definition) is 5. The quantitative estimate of drug-likeness (QED) is 0.285. The number of carbonyl (C=O) groups is 1. The van der Waals surface area contributed by atoms with E-state index in [1.165, 1.54) is 38.1 Å². The molecule has 1 atom stereocenters. The van der Waals surface area contributed by atoms with Gasteiger partial charge in [-0.3, -0.25) is 19.6 Å². The Morgan fingerprint density at radius 3 is 2.53 bits per heavy atom. The maximum Gasteiger partial charge on any atom is 0.435 e. The fourth-order valence-corrected chi connectivity index (χ4v) is 3.39. The Balaban J connectivity index is 1.79. The Kier molecular flexibility index (Phi) is 7.37. The maximum atomic E-state index is 12.9. The highest BCUT2D eigenvalue weighted by Crippen LogP contribution is 2.35. The number of amides is 1. The molecular weight excluding hydrogens is 500 g/mol. The van der Waals surface area contributed by atoms with Gasteiger partial charge in [0.25, 0.3) is 5.69 Å². The number of rotatable bonds is 7. The van der Waals surface area contributed by atoms with Crippen LogP contribution in [0.1, 0.15) is 18.3 Å². The van der Waals surface area contributed by atoms with Gasteiger partial charge in [-0.15, -0.1) is 0 Å². The van der Waals surface area contributed by atoms with E-state index < -0.39 is 28.6 Å². The number of ether oxygens (including phenoxy) is 1. The normalized spacial score (nSPS) is 12.3. The molecule has 2 aromatic carbocycles. The molecule has 3 rings (SSSR count). The number of nitro benzene ring substituents is 1. The predicted molar refractivity (Wildman–Crippen MR) is 119 cm³/mol. The van der Waals surface area contributed by atoms with Crippen LogP contribution in [0.3, 0.4) is 0 Å². The van der Waals surface area contributed by atoms with E-state index in [9.17, 15) is 28.1 Å². The summed E-state index contributed by atoms with van der Waals surface area (Å²) in [6.45, 7) is 2.80. The van der Waals surface area contributed by atoms with E-state index >= 15 is 0 Å². The van der Waals surface area contributed by atoms with Crippen molar-refractivity contribution < 1.29 is 27.6 Å². The minimum atomic E-state index is -4.60. The van der Waals surface area contributed by atoms with Gasteiger partial charge in [-0.25, -0.2) is 0 Å². The van der Waals surface area contributed by atoms with Crippen molar-refractivity contribution in [1.82, 2.24) is 9.78 Å². The van der Waals surface area contributed by atoms with Crippen molar-refractivity contribution in [2.45, 2.75) is 26.6 Å². The number of non-ortho nitro benzene ring substituents is 1. The van der Waals surface area contributed by atoms with Gasteiger partial charge < -0.3 is 10.1 Å². The van der Waals surface area contributed by atoms with Crippen LogP contribution in [-0.4, -0.2) is 20.6 Å². The second kappa shape index (κ2) is 9.90. The summed E-state index contributed by atoms with van der Waals surface area (Å²) in [5.74, 6) is -1.18. The number of aromatic nitrogens is 2. The van der Waals surface area contributed by atoms with Crippen LogP contribution in [0.15, 0.2) is 42.5 Å². The molecule has 8 nitrogen and oxygen atoms in total. The van der Waals surface area contributed by atoms with E-state index in [1.807, 2.05) is 0 Å². The van der Waals surface area contributed by atoms with Crippen molar-refractivity contribution in [2.75, 3.05) is 5.32 Å². The zero-order chi connectivity index (χ0) is 25.2. The first-order valence-electron chi connectivity index (χ1n) is 9.68. The van der Waals surface area contributed by atoms with Gasteiger partial charge in [0.15, 0.2) is 5.69 Å². The first kappa shape index (κ1) is 25.3. The third-order valence-electron chi connectivity index (χ3n) is 4.66. The van der Waals surface area contributed by atoms with Crippen LogP contribution >= 0.6 is 23.2 Å². The second-order valence-corrected chi connectivity index (χ2v) is 8.23.